The Balaban J connectivity index is 2.86. The molecule has 0 N–H and O–H groups in total. The summed E-state index contributed by atoms with van der Waals surface area (Å²) in [4.78, 5) is 0. The summed E-state index contributed by atoms with van der Waals surface area (Å²) in [5.74, 6) is 0. The van der Waals surface area contributed by atoms with Crippen LogP contribution in [0.1, 0.15) is 37.8 Å². The normalized spacial score (nSPS) is 12.8. The highest BCUT2D eigenvalue weighted by Gasteiger charge is 2.30. The van der Waals surface area contributed by atoms with Gasteiger partial charge < -0.3 is 0 Å². The average Bonchev–Trinajstić information content (AvgIpc) is 2.15. The minimum atomic E-state index is -4.26. The summed E-state index contributed by atoms with van der Waals surface area (Å²) >= 11 is 0. The van der Waals surface area contributed by atoms with E-state index in [2.05, 4.69) is 20.8 Å². The van der Waals surface area contributed by atoms with E-state index in [0.717, 1.165) is 24.5 Å². The van der Waals surface area contributed by atoms with Crippen molar-refractivity contribution in [2.45, 2.75) is 39.3 Å². The molecular formula is C14H18F3. The first-order valence-electron chi connectivity index (χ1n) is 5.70. The summed E-state index contributed by atoms with van der Waals surface area (Å²) in [6.45, 7) is 7.90. The molecule has 0 amide bonds. The van der Waals surface area contributed by atoms with Gasteiger partial charge >= 0.3 is 6.18 Å². The van der Waals surface area contributed by atoms with Crippen molar-refractivity contribution in [3.8, 4) is 0 Å². The standard InChI is InChI=1S/C14H18F3/c1-4-8-13(2,3)10-11-6-5-7-12(9-11)14(15,16)17/h5-7,9H,1,4,8,10H2,2-3H3. The van der Waals surface area contributed by atoms with Gasteiger partial charge in [0, 0.05) is 0 Å². The quantitative estimate of drug-likeness (QED) is 0.706. The fourth-order valence-corrected chi connectivity index (χ4v) is 1.98. The second-order valence-corrected chi connectivity index (χ2v) is 5.14. The van der Waals surface area contributed by atoms with E-state index in [0.29, 0.717) is 6.42 Å². The third-order valence-corrected chi connectivity index (χ3v) is 2.79. The zero-order chi connectivity index (χ0) is 13.1. The molecule has 95 valence electrons. The van der Waals surface area contributed by atoms with Crippen LogP contribution in [-0.2, 0) is 12.6 Å². The maximum absolute atomic E-state index is 12.5. The molecule has 0 aliphatic carbocycles. The van der Waals surface area contributed by atoms with E-state index < -0.39 is 11.7 Å². The van der Waals surface area contributed by atoms with Gasteiger partial charge in [-0.2, -0.15) is 13.2 Å². The lowest BCUT2D eigenvalue weighted by Crippen LogP contribution is -2.15. The summed E-state index contributed by atoms with van der Waals surface area (Å²) in [7, 11) is 0. The molecule has 0 fully saturated rings. The van der Waals surface area contributed by atoms with Crippen molar-refractivity contribution in [3.05, 3.63) is 42.3 Å². The molecule has 0 saturated heterocycles. The number of benzene rings is 1. The lowest BCUT2D eigenvalue weighted by Gasteiger charge is -2.24. The van der Waals surface area contributed by atoms with Crippen LogP contribution >= 0.6 is 0 Å². The van der Waals surface area contributed by atoms with Crippen molar-refractivity contribution in [1.29, 1.82) is 0 Å². The zero-order valence-electron chi connectivity index (χ0n) is 10.3. The molecule has 17 heavy (non-hydrogen) atoms. The Kier molecular flexibility index (Phi) is 4.23. The minimum absolute atomic E-state index is 0.00796. The molecule has 0 nitrogen and oxygen atoms in total. The second-order valence-electron chi connectivity index (χ2n) is 5.14. The number of hydrogen-bond donors (Lipinski definition) is 0. The largest absolute Gasteiger partial charge is 0.416 e. The Morgan fingerprint density at radius 2 is 1.82 bits per heavy atom. The summed E-state index contributed by atoms with van der Waals surface area (Å²) in [5.41, 5.74) is 0.157. The first-order valence-corrected chi connectivity index (χ1v) is 5.70. The first kappa shape index (κ1) is 14.1. The number of hydrogen-bond acceptors (Lipinski definition) is 0. The van der Waals surface area contributed by atoms with E-state index in [1.807, 2.05) is 0 Å². The summed E-state index contributed by atoms with van der Waals surface area (Å²) in [6.07, 6.45) is -1.91. The molecule has 0 heterocycles. The van der Waals surface area contributed by atoms with Crippen LogP contribution in [0.4, 0.5) is 13.2 Å². The summed E-state index contributed by atoms with van der Waals surface area (Å²) in [6, 6.07) is 5.57. The Labute approximate surface area is 101 Å². The zero-order valence-corrected chi connectivity index (χ0v) is 10.3. The molecule has 0 aliphatic heterocycles. The van der Waals surface area contributed by atoms with E-state index in [4.69, 9.17) is 0 Å². The molecular weight excluding hydrogens is 225 g/mol. The van der Waals surface area contributed by atoms with Gasteiger partial charge in [-0.05, 0) is 29.9 Å². The topological polar surface area (TPSA) is 0 Å². The van der Waals surface area contributed by atoms with E-state index in [-0.39, 0.29) is 5.41 Å². The Morgan fingerprint density at radius 3 is 2.35 bits per heavy atom. The molecule has 0 saturated carbocycles. The minimum Gasteiger partial charge on any atom is -0.166 e. The lowest BCUT2D eigenvalue weighted by atomic mass is 9.81. The molecule has 0 atom stereocenters. The SMILES string of the molecule is [CH2]CCC(C)(C)Cc1cccc(C(F)(F)F)c1. The van der Waals surface area contributed by atoms with Crippen molar-refractivity contribution >= 4 is 0 Å². The van der Waals surface area contributed by atoms with Gasteiger partial charge in [-0.15, -0.1) is 0 Å². The van der Waals surface area contributed by atoms with Gasteiger partial charge in [0.05, 0.1) is 5.56 Å². The van der Waals surface area contributed by atoms with Gasteiger partial charge in [0.2, 0.25) is 0 Å². The summed E-state index contributed by atoms with van der Waals surface area (Å²) in [5, 5.41) is 0. The molecule has 0 unspecified atom stereocenters. The highest BCUT2D eigenvalue weighted by molar-refractivity contribution is 5.26. The van der Waals surface area contributed by atoms with Crippen molar-refractivity contribution < 1.29 is 13.2 Å². The predicted octanol–water partition coefficient (Wildman–Crippen LogP) is 4.89. The van der Waals surface area contributed by atoms with Crippen LogP contribution in [0.3, 0.4) is 0 Å². The first-order chi connectivity index (χ1) is 7.74. The third kappa shape index (κ3) is 4.41. The molecule has 1 aromatic rings. The monoisotopic (exact) mass is 243 g/mol. The van der Waals surface area contributed by atoms with Gasteiger partial charge in [0.25, 0.3) is 0 Å². The van der Waals surface area contributed by atoms with Crippen LogP contribution in [0.5, 0.6) is 0 Å². The highest BCUT2D eigenvalue weighted by Crippen LogP contribution is 2.32. The fraction of sp³-hybridized carbons (Fsp3) is 0.500. The Hall–Kier alpha value is -0.990. The van der Waals surface area contributed by atoms with Gasteiger partial charge in [-0.1, -0.05) is 45.4 Å². The van der Waals surface area contributed by atoms with E-state index in [9.17, 15) is 13.2 Å². The molecule has 0 aromatic heterocycles. The van der Waals surface area contributed by atoms with Crippen LogP contribution in [0.15, 0.2) is 24.3 Å². The van der Waals surface area contributed by atoms with E-state index >= 15 is 0 Å². The maximum atomic E-state index is 12.5. The van der Waals surface area contributed by atoms with E-state index in [1.54, 1.807) is 6.07 Å². The Bertz CT molecular complexity index is 364. The maximum Gasteiger partial charge on any atom is 0.416 e. The van der Waals surface area contributed by atoms with Gasteiger partial charge in [0.15, 0.2) is 0 Å². The molecule has 0 spiro atoms. The number of rotatable bonds is 4. The number of alkyl halides is 3. The van der Waals surface area contributed by atoms with Crippen LogP contribution in [0.25, 0.3) is 0 Å². The molecule has 0 aliphatic rings. The van der Waals surface area contributed by atoms with Gasteiger partial charge in [0.1, 0.15) is 0 Å². The fourth-order valence-electron chi connectivity index (χ4n) is 1.98. The molecule has 0 bridgehead atoms. The molecule has 1 radical (unpaired) electrons. The third-order valence-electron chi connectivity index (χ3n) is 2.79. The van der Waals surface area contributed by atoms with Crippen LogP contribution < -0.4 is 0 Å². The number of halogens is 3. The smallest absolute Gasteiger partial charge is 0.166 e. The molecule has 3 heteroatoms. The molecule has 1 rings (SSSR count). The Morgan fingerprint density at radius 1 is 1.18 bits per heavy atom. The van der Waals surface area contributed by atoms with Crippen molar-refractivity contribution in [2.24, 2.45) is 5.41 Å². The van der Waals surface area contributed by atoms with Crippen molar-refractivity contribution in [3.63, 3.8) is 0 Å². The van der Waals surface area contributed by atoms with Crippen LogP contribution in [0, 0.1) is 12.3 Å². The van der Waals surface area contributed by atoms with Crippen molar-refractivity contribution in [1.82, 2.24) is 0 Å². The van der Waals surface area contributed by atoms with Crippen LogP contribution in [-0.4, -0.2) is 0 Å². The average molecular weight is 243 g/mol. The lowest BCUT2D eigenvalue weighted by molar-refractivity contribution is -0.137. The van der Waals surface area contributed by atoms with E-state index in [1.165, 1.54) is 12.1 Å². The second kappa shape index (κ2) is 5.11. The molecule has 1 aromatic carbocycles. The van der Waals surface area contributed by atoms with Crippen molar-refractivity contribution in [2.75, 3.05) is 0 Å². The predicted molar refractivity (Wildman–Crippen MR) is 63.5 cm³/mol. The summed E-state index contributed by atoms with van der Waals surface area (Å²) < 4.78 is 37.6. The van der Waals surface area contributed by atoms with Gasteiger partial charge in [-0.3, -0.25) is 0 Å². The van der Waals surface area contributed by atoms with Crippen LogP contribution in [0.2, 0.25) is 0 Å². The van der Waals surface area contributed by atoms with Gasteiger partial charge in [-0.25, -0.2) is 0 Å². The highest BCUT2D eigenvalue weighted by atomic mass is 19.4.